The third kappa shape index (κ3) is 2.59. The molecule has 0 atom stereocenters. The van der Waals surface area contributed by atoms with Crippen molar-refractivity contribution in [3.8, 4) is 11.1 Å². The fraction of sp³-hybridized carbons (Fsp3) is 0.100. The maximum atomic E-state index is 4.73. The number of hydrogen-bond donors (Lipinski definition) is 1. The molecule has 4 heteroatoms. The van der Waals surface area contributed by atoms with E-state index in [1.165, 1.54) is 5.56 Å². The zero-order valence-corrected chi connectivity index (χ0v) is 14.2. The largest absolute Gasteiger partial charge is 0.236 e. The molecule has 0 aliphatic rings. The first kappa shape index (κ1) is 15.0. The second kappa shape index (κ2) is 6.13. The second-order valence-electron chi connectivity index (χ2n) is 5.83. The zero-order valence-electron chi connectivity index (χ0n) is 13.3. The molecule has 0 aliphatic carbocycles. The molecule has 2 aromatic carbocycles. The predicted octanol–water partition coefficient (Wildman–Crippen LogP) is 4.58. The van der Waals surface area contributed by atoms with Gasteiger partial charge in [-0.15, -0.1) is 12.6 Å². The molecular weight excluding hydrogens is 314 g/mol. The van der Waals surface area contributed by atoms with Crippen LogP contribution in [0.15, 0.2) is 71.9 Å². The molecule has 0 N–H and O–H groups in total. The molecule has 0 fully saturated rings. The summed E-state index contributed by atoms with van der Waals surface area (Å²) in [7, 11) is 0. The first-order chi connectivity index (χ1) is 11.7. The van der Waals surface area contributed by atoms with Crippen LogP contribution < -0.4 is 0 Å². The molecule has 2 aromatic heterocycles. The van der Waals surface area contributed by atoms with Crippen LogP contribution in [0.1, 0.15) is 16.8 Å². The Kier molecular flexibility index (Phi) is 3.82. The highest BCUT2D eigenvalue weighted by Gasteiger charge is 2.16. The van der Waals surface area contributed by atoms with E-state index in [9.17, 15) is 0 Å². The molecule has 4 rings (SSSR count). The maximum absolute atomic E-state index is 4.73. The molecule has 24 heavy (non-hydrogen) atoms. The summed E-state index contributed by atoms with van der Waals surface area (Å²) in [6, 6.07) is 20.6. The summed E-state index contributed by atoms with van der Waals surface area (Å²) in [6.45, 7) is 2.01. The lowest BCUT2D eigenvalue weighted by Gasteiger charge is -2.07. The SMILES string of the molecule is Cc1nn2c(S)c(Cc3ccccc3)cnc2c1-c1ccccc1. The van der Waals surface area contributed by atoms with Crippen molar-refractivity contribution in [3.63, 3.8) is 0 Å². The minimum Gasteiger partial charge on any atom is -0.236 e. The number of nitrogens with zero attached hydrogens (tertiary/aromatic N) is 3. The van der Waals surface area contributed by atoms with Gasteiger partial charge in [0.05, 0.1) is 5.69 Å². The first-order valence-electron chi connectivity index (χ1n) is 7.89. The molecule has 0 spiro atoms. The van der Waals surface area contributed by atoms with Crippen LogP contribution >= 0.6 is 12.6 Å². The molecule has 0 aliphatic heterocycles. The van der Waals surface area contributed by atoms with Gasteiger partial charge in [0, 0.05) is 23.7 Å². The van der Waals surface area contributed by atoms with E-state index >= 15 is 0 Å². The van der Waals surface area contributed by atoms with Crippen molar-refractivity contribution in [1.82, 2.24) is 14.6 Å². The Balaban J connectivity index is 1.83. The summed E-state index contributed by atoms with van der Waals surface area (Å²) >= 11 is 4.73. The van der Waals surface area contributed by atoms with Gasteiger partial charge in [0.2, 0.25) is 0 Å². The quantitative estimate of drug-likeness (QED) is 0.440. The number of aromatic nitrogens is 3. The van der Waals surface area contributed by atoms with Crippen molar-refractivity contribution >= 4 is 18.3 Å². The molecule has 2 heterocycles. The summed E-state index contributed by atoms with van der Waals surface area (Å²) in [5.74, 6) is 0. The standard InChI is InChI=1S/C20H17N3S/c1-14-18(16-10-6-3-7-11-16)19-21-13-17(20(24)23(19)22-14)12-15-8-4-2-5-9-15/h2-11,13,24H,12H2,1H3. The van der Waals surface area contributed by atoms with E-state index in [0.717, 1.165) is 39.5 Å². The summed E-state index contributed by atoms with van der Waals surface area (Å²) in [6.07, 6.45) is 2.71. The number of thiol groups is 1. The Bertz CT molecular complexity index is 992. The molecule has 0 bridgehead atoms. The molecule has 0 saturated heterocycles. The lowest BCUT2D eigenvalue weighted by atomic mass is 10.1. The van der Waals surface area contributed by atoms with Crippen LogP contribution in [-0.4, -0.2) is 14.6 Å². The second-order valence-corrected chi connectivity index (χ2v) is 6.25. The van der Waals surface area contributed by atoms with Gasteiger partial charge < -0.3 is 0 Å². The maximum Gasteiger partial charge on any atom is 0.164 e. The van der Waals surface area contributed by atoms with Gasteiger partial charge in [0.25, 0.3) is 0 Å². The van der Waals surface area contributed by atoms with Crippen LogP contribution in [0.2, 0.25) is 0 Å². The Morgan fingerprint density at radius 2 is 1.62 bits per heavy atom. The number of fused-ring (bicyclic) bond motifs is 1. The summed E-state index contributed by atoms with van der Waals surface area (Å²) in [5.41, 5.74) is 6.31. The van der Waals surface area contributed by atoms with Gasteiger partial charge in [-0.1, -0.05) is 60.7 Å². The van der Waals surface area contributed by atoms with Gasteiger partial charge in [-0.05, 0) is 18.1 Å². The number of aryl methyl sites for hydroxylation is 1. The zero-order chi connectivity index (χ0) is 16.5. The van der Waals surface area contributed by atoms with E-state index in [4.69, 9.17) is 12.6 Å². The third-order valence-corrected chi connectivity index (χ3v) is 4.64. The molecule has 0 unspecified atom stereocenters. The molecule has 0 radical (unpaired) electrons. The summed E-state index contributed by atoms with van der Waals surface area (Å²) in [4.78, 5) is 4.69. The topological polar surface area (TPSA) is 30.2 Å². The first-order valence-corrected chi connectivity index (χ1v) is 8.34. The lowest BCUT2D eigenvalue weighted by Crippen LogP contribution is -2.00. The van der Waals surface area contributed by atoms with Gasteiger partial charge in [0.15, 0.2) is 5.65 Å². The van der Waals surface area contributed by atoms with Gasteiger partial charge >= 0.3 is 0 Å². The van der Waals surface area contributed by atoms with Gasteiger partial charge in [-0.2, -0.15) is 5.10 Å². The molecule has 0 saturated carbocycles. The summed E-state index contributed by atoms with van der Waals surface area (Å²) < 4.78 is 1.85. The van der Waals surface area contributed by atoms with Gasteiger partial charge in [0.1, 0.15) is 5.03 Å². The third-order valence-electron chi connectivity index (χ3n) is 4.17. The summed E-state index contributed by atoms with van der Waals surface area (Å²) in [5, 5.41) is 5.51. The monoisotopic (exact) mass is 331 g/mol. The number of benzene rings is 2. The average Bonchev–Trinajstić information content (AvgIpc) is 2.96. The van der Waals surface area contributed by atoms with Crippen LogP contribution in [-0.2, 0) is 6.42 Å². The number of rotatable bonds is 3. The highest BCUT2D eigenvalue weighted by Crippen LogP contribution is 2.29. The van der Waals surface area contributed by atoms with Crippen LogP contribution in [0.5, 0.6) is 0 Å². The van der Waals surface area contributed by atoms with Gasteiger partial charge in [-0.25, -0.2) is 9.50 Å². The van der Waals surface area contributed by atoms with Crippen LogP contribution in [0.3, 0.4) is 0 Å². The Hall–Kier alpha value is -2.59. The van der Waals surface area contributed by atoms with Crippen LogP contribution in [0.4, 0.5) is 0 Å². The minimum atomic E-state index is 0.794. The van der Waals surface area contributed by atoms with Crippen molar-refractivity contribution in [3.05, 3.63) is 83.7 Å². The highest BCUT2D eigenvalue weighted by molar-refractivity contribution is 7.80. The smallest absolute Gasteiger partial charge is 0.164 e. The van der Waals surface area contributed by atoms with Crippen LogP contribution in [0.25, 0.3) is 16.8 Å². The molecule has 4 aromatic rings. The van der Waals surface area contributed by atoms with E-state index in [1.54, 1.807) is 0 Å². The Morgan fingerprint density at radius 1 is 0.958 bits per heavy atom. The van der Waals surface area contributed by atoms with Crippen molar-refractivity contribution in [1.29, 1.82) is 0 Å². The average molecular weight is 331 g/mol. The van der Waals surface area contributed by atoms with E-state index in [0.29, 0.717) is 0 Å². The highest BCUT2D eigenvalue weighted by atomic mass is 32.1. The van der Waals surface area contributed by atoms with Crippen molar-refractivity contribution in [2.75, 3.05) is 0 Å². The van der Waals surface area contributed by atoms with E-state index in [2.05, 4.69) is 34.3 Å². The normalized spacial score (nSPS) is 11.1. The van der Waals surface area contributed by atoms with Crippen molar-refractivity contribution < 1.29 is 0 Å². The van der Waals surface area contributed by atoms with Gasteiger partial charge in [-0.3, -0.25) is 0 Å². The van der Waals surface area contributed by atoms with Crippen molar-refractivity contribution in [2.45, 2.75) is 18.4 Å². The fourth-order valence-electron chi connectivity index (χ4n) is 3.00. The lowest BCUT2D eigenvalue weighted by molar-refractivity contribution is 0.806. The Labute approximate surface area is 146 Å². The molecule has 0 amide bonds. The van der Waals surface area contributed by atoms with E-state index < -0.39 is 0 Å². The van der Waals surface area contributed by atoms with E-state index in [-0.39, 0.29) is 0 Å². The molecular formula is C20H17N3S. The van der Waals surface area contributed by atoms with Crippen molar-refractivity contribution in [2.24, 2.45) is 0 Å². The fourth-order valence-corrected chi connectivity index (χ4v) is 3.27. The number of hydrogen-bond acceptors (Lipinski definition) is 3. The predicted molar refractivity (Wildman–Crippen MR) is 99.7 cm³/mol. The van der Waals surface area contributed by atoms with E-state index in [1.807, 2.05) is 54.0 Å². The minimum absolute atomic E-state index is 0.794. The molecule has 3 nitrogen and oxygen atoms in total. The Morgan fingerprint density at radius 3 is 2.33 bits per heavy atom. The molecule has 118 valence electrons. The van der Waals surface area contributed by atoms with Crippen LogP contribution in [0, 0.1) is 6.92 Å².